The number of nitrogens with zero attached hydrogens (tertiary/aromatic N) is 1. The molecule has 0 radical (unpaired) electrons. The first-order valence-corrected chi connectivity index (χ1v) is 5.65. The van der Waals surface area contributed by atoms with Gasteiger partial charge in [0.05, 0.1) is 17.4 Å². The molecule has 1 unspecified atom stereocenters. The van der Waals surface area contributed by atoms with Gasteiger partial charge < -0.3 is 5.11 Å². The van der Waals surface area contributed by atoms with Crippen molar-refractivity contribution >= 4 is 0 Å². The van der Waals surface area contributed by atoms with E-state index < -0.39 is 17.8 Å². The number of hydrogen-bond donors (Lipinski definition) is 1. The monoisotopic (exact) mass is 245 g/mol. The molecule has 1 aromatic heterocycles. The van der Waals surface area contributed by atoms with Gasteiger partial charge in [0.1, 0.15) is 0 Å². The van der Waals surface area contributed by atoms with Gasteiger partial charge in [-0.25, -0.2) is 0 Å². The second kappa shape index (κ2) is 4.29. The predicted molar refractivity (Wildman–Crippen MR) is 56.5 cm³/mol. The molecule has 1 aromatic rings. The van der Waals surface area contributed by atoms with Crippen LogP contribution in [-0.4, -0.2) is 10.1 Å². The standard InChI is InChI=1S/C12H14F3NO/c1-7-6-9(12(13,14)15)8-4-2-3-5-10(17)11(8)16-7/h6,10,17H,2-5H2,1H3. The summed E-state index contributed by atoms with van der Waals surface area (Å²) < 4.78 is 38.7. The second-order valence-electron chi connectivity index (χ2n) is 4.43. The number of hydrogen-bond acceptors (Lipinski definition) is 2. The molecule has 2 nitrogen and oxygen atoms in total. The van der Waals surface area contributed by atoms with Crippen LogP contribution in [0.1, 0.15) is 47.9 Å². The Morgan fingerprint density at radius 3 is 2.71 bits per heavy atom. The molecule has 1 aliphatic carbocycles. The summed E-state index contributed by atoms with van der Waals surface area (Å²) in [6, 6.07) is 1.07. The van der Waals surface area contributed by atoms with Crippen LogP contribution in [0.15, 0.2) is 6.07 Å². The van der Waals surface area contributed by atoms with Crippen LogP contribution in [0, 0.1) is 6.92 Å². The number of fused-ring (bicyclic) bond motifs is 1. The summed E-state index contributed by atoms with van der Waals surface area (Å²) in [5.41, 5.74) is 0.0564. The Morgan fingerprint density at radius 1 is 1.35 bits per heavy atom. The van der Waals surface area contributed by atoms with Gasteiger partial charge in [0.25, 0.3) is 0 Å². The highest BCUT2D eigenvalue weighted by molar-refractivity contribution is 5.36. The van der Waals surface area contributed by atoms with E-state index in [1.54, 1.807) is 0 Å². The van der Waals surface area contributed by atoms with Gasteiger partial charge in [-0.2, -0.15) is 13.2 Å². The molecule has 0 spiro atoms. The number of aromatic nitrogens is 1. The van der Waals surface area contributed by atoms with Crippen molar-refractivity contribution in [3.05, 3.63) is 28.6 Å². The van der Waals surface area contributed by atoms with E-state index in [0.717, 1.165) is 12.5 Å². The molecule has 0 bridgehead atoms. The van der Waals surface area contributed by atoms with Crippen molar-refractivity contribution in [2.24, 2.45) is 0 Å². The minimum atomic E-state index is -4.37. The van der Waals surface area contributed by atoms with Crippen LogP contribution in [0.3, 0.4) is 0 Å². The Balaban J connectivity index is 2.61. The molecule has 94 valence electrons. The van der Waals surface area contributed by atoms with Crippen LogP contribution in [0.4, 0.5) is 13.2 Å². The lowest BCUT2D eigenvalue weighted by atomic mass is 9.99. The van der Waals surface area contributed by atoms with Gasteiger partial charge in [-0.1, -0.05) is 6.42 Å². The molecule has 2 rings (SSSR count). The summed E-state index contributed by atoms with van der Waals surface area (Å²) in [5, 5.41) is 9.83. The first-order valence-electron chi connectivity index (χ1n) is 5.65. The molecule has 0 aromatic carbocycles. The summed E-state index contributed by atoms with van der Waals surface area (Å²) in [5.74, 6) is 0. The number of alkyl halides is 3. The van der Waals surface area contributed by atoms with Crippen LogP contribution >= 0.6 is 0 Å². The number of aryl methyl sites for hydroxylation is 1. The summed E-state index contributed by atoms with van der Waals surface area (Å²) in [4.78, 5) is 4.08. The lowest BCUT2D eigenvalue weighted by molar-refractivity contribution is -0.138. The molecule has 0 amide bonds. The molecule has 5 heteroatoms. The van der Waals surface area contributed by atoms with Gasteiger partial charge in [0.2, 0.25) is 0 Å². The zero-order chi connectivity index (χ0) is 12.6. The van der Waals surface area contributed by atoms with Crippen LogP contribution in [0.25, 0.3) is 0 Å². The molecular formula is C12H14F3NO. The van der Waals surface area contributed by atoms with E-state index in [2.05, 4.69) is 4.98 Å². The highest BCUT2D eigenvalue weighted by Crippen LogP contribution is 2.38. The third-order valence-corrected chi connectivity index (χ3v) is 3.06. The number of aliphatic hydroxyl groups is 1. The second-order valence-corrected chi connectivity index (χ2v) is 4.43. The first-order chi connectivity index (χ1) is 7.89. The van der Waals surface area contributed by atoms with E-state index in [-0.39, 0.29) is 11.3 Å². The Bertz CT molecular complexity index is 428. The summed E-state index contributed by atoms with van der Waals surface area (Å²) in [6.07, 6.45) is -3.02. The van der Waals surface area contributed by atoms with Crippen LogP contribution in [-0.2, 0) is 12.6 Å². The third kappa shape index (κ3) is 2.44. The maximum absolute atomic E-state index is 12.9. The average molecular weight is 245 g/mol. The zero-order valence-corrected chi connectivity index (χ0v) is 9.51. The maximum Gasteiger partial charge on any atom is 0.416 e. The van der Waals surface area contributed by atoms with Crippen molar-refractivity contribution in [3.63, 3.8) is 0 Å². The quantitative estimate of drug-likeness (QED) is 0.712. The van der Waals surface area contributed by atoms with Crippen molar-refractivity contribution < 1.29 is 18.3 Å². The van der Waals surface area contributed by atoms with E-state index in [4.69, 9.17) is 0 Å². The van der Waals surface area contributed by atoms with Gasteiger partial charge in [0, 0.05) is 5.69 Å². The van der Waals surface area contributed by atoms with Gasteiger partial charge >= 0.3 is 6.18 Å². The topological polar surface area (TPSA) is 33.1 Å². The fourth-order valence-corrected chi connectivity index (χ4v) is 2.29. The summed E-state index contributed by atoms with van der Waals surface area (Å²) >= 11 is 0. The lowest BCUT2D eigenvalue weighted by Crippen LogP contribution is -2.14. The number of pyridine rings is 1. The van der Waals surface area contributed by atoms with E-state index in [1.807, 2.05) is 0 Å². The SMILES string of the molecule is Cc1cc(C(F)(F)F)c2c(n1)C(O)CCCC2. The number of halogens is 3. The predicted octanol–water partition coefficient (Wildman–Crippen LogP) is 3.17. The molecule has 17 heavy (non-hydrogen) atoms. The Morgan fingerprint density at radius 2 is 2.06 bits per heavy atom. The lowest BCUT2D eigenvalue weighted by Gasteiger charge is -2.17. The average Bonchev–Trinajstić information content (AvgIpc) is 2.39. The normalized spacial score (nSPS) is 20.9. The van der Waals surface area contributed by atoms with Crippen molar-refractivity contribution in [3.8, 4) is 0 Å². The van der Waals surface area contributed by atoms with Crippen molar-refractivity contribution in [1.82, 2.24) is 4.98 Å². The summed E-state index contributed by atoms with van der Waals surface area (Å²) in [7, 11) is 0. The molecule has 0 saturated carbocycles. The third-order valence-electron chi connectivity index (χ3n) is 3.06. The Hall–Kier alpha value is -1.10. The highest BCUT2D eigenvalue weighted by Gasteiger charge is 2.36. The van der Waals surface area contributed by atoms with Crippen molar-refractivity contribution in [2.45, 2.75) is 44.9 Å². The first kappa shape index (κ1) is 12.4. The fourth-order valence-electron chi connectivity index (χ4n) is 2.29. The van der Waals surface area contributed by atoms with E-state index in [1.165, 1.54) is 6.92 Å². The largest absolute Gasteiger partial charge is 0.416 e. The molecular weight excluding hydrogens is 231 g/mol. The molecule has 0 saturated heterocycles. The fraction of sp³-hybridized carbons (Fsp3) is 0.583. The van der Waals surface area contributed by atoms with E-state index in [0.29, 0.717) is 25.0 Å². The molecule has 1 heterocycles. The Labute approximate surface area is 97.5 Å². The summed E-state index contributed by atoms with van der Waals surface area (Å²) in [6.45, 7) is 1.52. The maximum atomic E-state index is 12.9. The number of aliphatic hydroxyl groups excluding tert-OH is 1. The van der Waals surface area contributed by atoms with Gasteiger partial charge in [-0.3, -0.25) is 4.98 Å². The highest BCUT2D eigenvalue weighted by atomic mass is 19.4. The van der Waals surface area contributed by atoms with E-state index >= 15 is 0 Å². The van der Waals surface area contributed by atoms with Crippen LogP contribution < -0.4 is 0 Å². The molecule has 1 aliphatic rings. The van der Waals surface area contributed by atoms with Gasteiger partial charge in [0.15, 0.2) is 0 Å². The minimum absolute atomic E-state index is 0.174. The Kier molecular flexibility index (Phi) is 3.12. The smallest absolute Gasteiger partial charge is 0.387 e. The van der Waals surface area contributed by atoms with Gasteiger partial charge in [-0.05, 0) is 37.8 Å². The molecule has 1 atom stereocenters. The van der Waals surface area contributed by atoms with Crippen LogP contribution in [0.5, 0.6) is 0 Å². The van der Waals surface area contributed by atoms with Crippen molar-refractivity contribution in [2.75, 3.05) is 0 Å². The zero-order valence-electron chi connectivity index (χ0n) is 9.51. The van der Waals surface area contributed by atoms with Crippen LogP contribution in [0.2, 0.25) is 0 Å². The molecule has 0 fully saturated rings. The molecule has 1 N–H and O–H groups in total. The molecule has 0 aliphatic heterocycles. The van der Waals surface area contributed by atoms with Crippen molar-refractivity contribution in [1.29, 1.82) is 0 Å². The van der Waals surface area contributed by atoms with E-state index in [9.17, 15) is 18.3 Å². The number of rotatable bonds is 0. The minimum Gasteiger partial charge on any atom is -0.387 e. The van der Waals surface area contributed by atoms with Gasteiger partial charge in [-0.15, -0.1) is 0 Å².